The molecule has 0 N–H and O–H groups in total. The van der Waals surface area contributed by atoms with Gasteiger partial charge in [0.05, 0.1) is 24.3 Å². The van der Waals surface area contributed by atoms with Crippen molar-refractivity contribution >= 4 is 16.6 Å². The second-order valence-corrected chi connectivity index (χ2v) is 4.43. The molecule has 17 heavy (non-hydrogen) atoms. The minimum Gasteiger partial charge on any atom is -0.377 e. The van der Waals surface area contributed by atoms with Crippen molar-refractivity contribution < 1.29 is 4.74 Å². The normalized spacial score (nSPS) is 16.1. The molecular weight excluding hydrogens is 216 g/mol. The maximum Gasteiger partial charge on any atom is 0.162 e. The van der Waals surface area contributed by atoms with Crippen molar-refractivity contribution in [1.82, 2.24) is 19.7 Å². The van der Waals surface area contributed by atoms with Crippen LogP contribution in [0.3, 0.4) is 0 Å². The predicted molar refractivity (Wildman–Crippen MR) is 64.6 cm³/mol. The van der Waals surface area contributed by atoms with Crippen LogP contribution in [-0.4, -0.2) is 33.0 Å². The number of nitrogens with zero attached hydrogens (tertiary/aromatic N) is 4. The number of aryl methyl sites for hydroxylation is 1. The number of aromatic nitrogens is 4. The Kier molecular flexibility index (Phi) is 2.22. The van der Waals surface area contributed by atoms with Crippen molar-refractivity contribution in [2.24, 2.45) is 0 Å². The molecule has 2 aromatic heterocycles. The summed E-state index contributed by atoms with van der Waals surface area (Å²) in [6.07, 6.45) is 1.82. The first kappa shape index (κ1) is 10.4. The zero-order chi connectivity index (χ0) is 12.0. The Labute approximate surface area is 99.1 Å². The molecule has 0 aliphatic carbocycles. The van der Waals surface area contributed by atoms with Crippen LogP contribution >= 0.6 is 0 Å². The smallest absolute Gasteiger partial charge is 0.162 e. The van der Waals surface area contributed by atoms with Crippen LogP contribution < -0.4 is 0 Å². The molecule has 1 saturated heterocycles. The first-order valence-corrected chi connectivity index (χ1v) is 5.62. The molecule has 1 aliphatic rings. The minimum atomic E-state index is 0.305. The highest BCUT2D eigenvalue weighted by Crippen LogP contribution is 2.24. The number of rotatable bonds is 2. The van der Waals surface area contributed by atoms with Crippen molar-refractivity contribution in [3.63, 3.8) is 0 Å². The van der Waals surface area contributed by atoms with E-state index >= 15 is 0 Å². The lowest BCUT2D eigenvalue weighted by molar-refractivity contribution is -0.0270. The third kappa shape index (κ3) is 1.54. The van der Waals surface area contributed by atoms with Crippen LogP contribution in [0.15, 0.2) is 12.8 Å². The Bertz CT molecular complexity index is 598. The van der Waals surface area contributed by atoms with E-state index in [1.807, 2.05) is 24.7 Å². The van der Waals surface area contributed by atoms with Crippen molar-refractivity contribution in [2.45, 2.75) is 19.9 Å². The van der Waals surface area contributed by atoms with Gasteiger partial charge >= 0.3 is 0 Å². The second-order valence-electron chi connectivity index (χ2n) is 4.43. The third-order valence-electron chi connectivity index (χ3n) is 2.98. The van der Waals surface area contributed by atoms with Gasteiger partial charge in [0.2, 0.25) is 0 Å². The Morgan fingerprint density at radius 1 is 1.53 bits per heavy atom. The van der Waals surface area contributed by atoms with Crippen LogP contribution in [0.4, 0.5) is 0 Å². The summed E-state index contributed by atoms with van der Waals surface area (Å²) in [6.45, 7) is 9.17. The quantitative estimate of drug-likeness (QED) is 0.788. The maximum atomic E-state index is 5.20. The second kappa shape index (κ2) is 3.63. The van der Waals surface area contributed by atoms with Crippen LogP contribution in [0.1, 0.15) is 24.5 Å². The molecule has 0 bridgehead atoms. The van der Waals surface area contributed by atoms with Crippen LogP contribution in [0.5, 0.6) is 0 Å². The molecular formula is C12H14N4O. The van der Waals surface area contributed by atoms with Crippen LogP contribution in [0, 0.1) is 6.92 Å². The lowest BCUT2D eigenvalue weighted by Gasteiger charge is -2.26. The van der Waals surface area contributed by atoms with Crippen LogP contribution in [-0.2, 0) is 4.74 Å². The van der Waals surface area contributed by atoms with E-state index in [0.29, 0.717) is 25.1 Å². The molecule has 0 radical (unpaired) electrons. The van der Waals surface area contributed by atoms with Gasteiger partial charge in [-0.2, -0.15) is 5.10 Å². The predicted octanol–water partition coefficient (Wildman–Crippen LogP) is 1.74. The number of hydrogen-bond donors (Lipinski definition) is 0. The number of fused-ring (bicyclic) bond motifs is 1. The molecule has 3 rings (SSSR count). The zero-order valence-electron chi connectivity index (χ0n) is 9.97. The van der Waals surface area contributed by atoms with Crippen molar-refractivity contribution in [3.05, 3.63) is 24.3 Å². The fourth-order valence-electron chi connectivity index (χ4n) is 1.89. The molecule has 1 aliphatic heterocycles. The largest absolute Gasteiger partial charge is 0.377 e. The van der Waals surface area contributed by atoms with E-state index in [-0.39, 0.29) is 0 Å². The van der Waals surface area contributed by atoms with Crippen LogP contribution in [0.2, 0.25) is 0 Å². The molecule has 88 valence electrons. The summed E-state index contributed by atoms with van der Waals surface area (Å²) in [5.74, 6) is 0.680. The molecule has 5 nitrogen and oxygen atoms in total. The molecule has 0 unspecified atom stereocenters. The Balaban J connectivity index is 2.20. The Morgan fingerprint density at radius 2 is 2.29 bits per heavy atom. The highest BCUT2D eigenvalue weighted by Gasteiger charge is 2.24. The lowest BCUT2D eigenvalue weighted by atomic mass is 10.2. The van der Waals surface area contributed by atoms with Gasteiger partial charge < -0.3 is 4.74 Å². The molecule has 2 aromatic rings. The fourth-order valence-corrected chi connectivity index (χ4v) is 1.89. The minimum absolute atomic E-state index is 0.305. The van der Waals surface area contributed by atoms with E-state index in [1.54, 1.807) is 0 Å². The molecule has 0 aromatic carbocycles. The summed E-state index contributed by atoms with van der Waals surface area (Å²) in [7, 11) is 0. The Morgan fingerprint density at radius 3 is 2.88 bits per heavy atom. The summed E-state index contributed by atoms with van der Waals surface area (Å²) in [4.78, 5) is 8.82. The SMILES string of the molecule is C=C(C)c1ncc2c(C)nn(C3COC3)c2n1. The van der Waals surface area contributed by atoms with Gasteiger partial charge in [-0.1, -0.05) is 6.58 Å². The van der Waals surface area contributed by atoms with Gasteiger partial charge in [0.25, 0.3) is 0 Å². The topological polar surface area (TPSA) is 52.8 Å². The highest BCUT2D eigenvalue weighted by molar-refractivity contribution is 5.78. The monoisotopic (exact) mass is 230 g/mol. The molecule has 0 saturated carbocycles. The van der Waals surface area contributed by atoms with Gasteiger partial charge in [-0.05, 0) is 19.4 Å². The summed E-state index contributed by atoms with van der Waals surface area (Å²) in [5, 5.41) is 5.52. The van der Waals surface area contributed by atoms with Gasteiger partial charge in [0, 0.05) is 6.20 Å². The summed E-state index contributed by atoms with van der Waals surface area (Å²) in [5.41, 5.74) is 2.70. The average Bonchev–Trinajstić information content (AvgIpc) is 2.54. The molecule has 3 heterocycles. The third-order valence-corrected chi connectivity index (χ3v) is 2.98. The number of ether oxygens (including phenoxy) is 1. The highest BCUT2D eigenvalue weighted by atomic mass is 16.5. The number of hydrogen-bond acceptors (Lipinski definition) is 4. The van der Waals surface area contributed by atoms with E-state index in [0.717, 1.165) is 22.3 Å². The van der Waals surface area contributed by atoms with Crippen LogP contribution in [0.25, 0.3) is 16.6 Å². The lowest BCUT2D eigenvalue weighted by Crippen LogP contribution is -2.31. The van der Waals surface area contributed by atoms with E-state index in [2.05, 4.69) is 21.6 Å². The van der Waals surface area contributed by atoms with Crippen molar-refractivity contribution in [2.75, 3.05) is 13.2 Å². The van der Waals surface area contributed by atoms with E-state index < -0.39 is 0 Å². The van der Waals surface area contributed by atoms with Crippen molar-refractivity contribution in [1.29, 1.82) is 0 Å². The van der Waals surface area contributed by atoms with Gasteiger partial charge in [-0.25, -0.2) is 14.6 Å². The molecule has 0 atom stereocenters. The first-order chi connectivity index (χ1) is 8.16. The van der Waals surface area contributed by atoms with Gasteiger partial charge in [-0.15, -0.1) is 0 Å². The van der Waals surface area contributed by atoms with Gasteiger partial charge in [-0.3, -0.25) is 0 Å². The first-order valence-electron chi connectivity index (χ1n) is 5.62. The summed E-state index contributed by atoms with van der Waals surface area (Å²) < 4.78 is 7.15. The van der Waals surface area contributed by atoms with Crippen molar-refractivity contribution in [3.8, 4) is 0 Å². The molecule has 1 fully saturated rings. The summed E-state index contributed by atoms with van der Waals surface area (Å²) >= 11 is 0. The molecule has 0 amide bonds. The fraction of sp³-hybridized carbons (Fsp3) is 0.417. The van der Waals surface area contributed by atoms with Gasteiger partial charge in [0.15, 0.2) is 11.5 Å². The molecule has 0 spiro atoms. The van der Waals surface area contributed by atoms with E-state index in [9.17, 15) is 0 Å². The van der Waals surface area contributed by atoms with E-state index in [1.165, 1.54) is 0 Å². The summed E-state index contributed by atoms with van der Waals surface area (Å²) in [6, 6.07) is 0.305. The number of allylic oxidation sites excluding steroid dienone is 1. The average molecular weight is 230 g/mol. The molecule has 5 heteroatoms. The standard InChI is InChI=1S/C12H14N4O/c1-7(2)11-13-4-10-8(3)15-16(12(10)14-11)9-5-17-6-9/h4,9H,1,5-6H2,2-3H3. The zero-order valence-corrected chi connectivity index (χ0v) is 9.97. The Hall–Kier alpha value is -1.75. The maximum absolute atomic E-state index is 5.20. The van der Waals surface area contributed by atoms with E-state index in [4.69, 9.17) is 4.74 Å². The van der Waals surface area contributed by atoms with Gasteiger partial charge in [0.1, 0.15) is 6.04 Å².